The maximum Gasteiger partial charge on any atom is 0.356 e. The zero-order valence-electron chi connectivity index (χ0n) is 9.12. The van der Waals surface area contributed by atoms with Crippen molar-refractivity contribution in [3.63, 3.8) is 0 Å². The van der Waals surface area contributed by atoms with E-state index in [0.717, 1.165) is 9.35 Å². The second kappa shape index (κ2) is 4.59. The van der Waals surface area contributed by atoms with Crippen molar-refractivity contribution in [3.8, 4) is 22.3 Å². The number of H-pyrrole nitrogens is 1. The third-order valence-corrected chi connectivity index (χ3v) is 3.96. The molecule has 0 aliphatic rings. The molecule has 0 radical (unpaired) electrons. The number of aromatic amines is 1. The second-order valence-electron chi connectivity index (χ2n) is 3.48. The Labute approximate surface area is 118 Å². The molecule has 9 heteroatoms. The van der Waals surface area contributed by atoms with E-state index in [1.54, 1.807) is 0 Å². The fraction of sp³-hybridized carbons (Fsp3) is 0. The molecule has 0 aliphatic heterocycles. The summed E-state index contributed by atoms with van der Waals surface area (Å²) in [6, 6.07) is 1.85. The summed E-state index contributed by atoms with van der Waals surface area (Å²) >= 11 is 4.79. The number of aromatic nitrogens is 4. The number of hydrogen-bond donors (Lipinski definition) is 2. The van der Waals surface area contributed by atoms with Crippen LogP contribution in [0.1, 0.15) is 10.5 Å². The molecule has 0 saturated heterocycles. The molecular formula is C10H5BrN4O3S. The molecule has 0 amide bonds. The van der Waals surface area contributed by atoms with Gasteiger partial charge in [-0.2, -0.15) is 4.98 Å². The summed E-state index contributed by atoms with van der Waals surface area (Å²) in [5, 5.41) is 14.7. The molecule has 0 aliphatic carbocycles. The van der Waals surface area contributed by atoms with E-state index in [2.05, 4.69) is 36.0 Å². The Balaban J connectivity index is 2.01. The van der Waals surface area contributed by atoms with Gasteiger partial charge in [0.05, 0.1) is 11.2 Å². The lowest BCUT2D eigenvalue weighted by Gasteiger charge is -1.90. The zero-order chi connectivity index (χ0) is 13.4. The van der Waals surface area contributed by atoms with Crippen LogP contribution >= 0.6 is 27.3 Å². The number of carboxylic acid groups (broad SMARTS) is 1. The Morgan fingerprint density at radius 3 is 3.05 bits per heavy atom. The predicted molar refractivity (Wildman–Crippen MR) is 69.9 cm³/mol. The molecule has 3 aromatic heterocycles. The minimum absolute atomic E-state index is 0.0921. The Hall–Kier alpha value is -2.00. The summed E-state index contributed by atoms with van der Waals surface area (Å²) in [5.74, 6) is -0.666. The topological polar surface area (TPSA) is 105 Å². The number of halogens is 1. The van der Waals surface area contributed by atoms with E-state index >= 15 is 0 Å². The van der Waals surface area contributed by atoms with Crippen LogP contribution in [0.5, 0.6) is 0 Å². The molecule has 3 aromatic rings. The SMILES string of the molecule is O=C(O)c1nc[nH]c1-c1nc(-c2cc(Br)cs2)no1. The average Bonchev–Trinajstić information content (AvgIpc) is 3.07. The Morgan fingerprint density at radius 1 is 1.53 bits per heavy atom. The van der Waals surface area contributed by atoms with Crippen molar-refractivity contribution in [1.82, 2.24) is 20.1 Å². The van der Waals surface area contributed by atoms with Gasteiger partial charge in [0.1, 0.15) is 5.69 Å². The number of hydrogen-bond acceptors (Lipinski definition) is 6. The van der Waals surface area contributed by atoms with Crippen molar-refractivity contribution in [2.75, 3.05) is 0 Å². The molecule has 0 atom stereocenters. The Morgan fingerprint density at radius 2 is 2.37 bits per heavy atom. The molecule has 7 nitrogen and oxygen atoms in total. The maximum absolute atomic E-state index is 11.0. The number of aromatic carboxylic acids is 1. The summed E-state index contributed by atoms with van der Waals surface area (Å²) in [5.41, 5.74) is 0.0458. The fourth-order valence-corrected chi connectivity index (χ4v) is 2.83. The van der Waals surface area contributed by atoms with Crippen LogP contribution in [0.4, 0.5) is 0 Å². The van der Waals surface area contributed by atoms with Crippen LogP contribution in [-0.2, 0) is 0 Å². The highest BCUT2D eigenvalue weighted by Crippen LogP contribution is 2.29. The lowest BCUT2D eigenvalue weighted by Crippen LogP contribution is -1.99. The van der Waals surface area contributed by atoms with E-state index in [-0.39, 0.29) is 17.3 Å². The molecule has 0 aromatic carbocycles. The van der Waals surface area contributed by atoms with E-state index in [1.807, 2.05) is 11.4 Å². The van der Waals surface area contributed by atoms with Gasteiger partial charge in [-0.25, -0.2) is 9.78 Å². The van der Waals surface area contributed by atoms with Crippen molar-refractivity contribution in [2.45, 2.75) is 0 Å². The minimum atomic E-state index is -1.16. The molecule has 3 rings (SSSR count). The molecule has 3 heterocycles. The van der Waals surface area contributed by atoms with Gasteiger partial charge in [-0.3, -0.25) is 0 Å². The van der Waals surface area contributed by atoms with Crippen LogP contribution in [-0.4, -0.2) is 31.2 Å². The van der Waals surface area contributed by atoms with Gasteiger partial charge in [0.15, 0.2) is 5.69 Å². The van der Waals surface area contributed by atoms with Gasteiger partial charge in [0.25, 0.3) is 5.89 Å². The van der Waals surface area contributed by atoms with E-state index in [9.17, 15) is 4.79 Å². The summed E-state index contributed by atoms with van der Waals surface area (Å²) in [6.45, 7) is 0. The first kappa shape index (κ1) is 12.1. The summed E-state index contributed by atoms with van der Waals surface area (Å²) in [7, 11) is 0. The van der Waals surface area contributed by atoms with E-state index in [0.29, 0.717) is 5.82 Å². The van der Waals surface area contributed by atoms with Gasteiger partial charge in [-0.05, 0) is 22.0 Å². The fourth-order valence-electron chi connectivity index (χ4n) is 1.47. The van der Waals surface area contributed by atoms with Crippen molar-refractivity contribution in [1.29, 1.82) is 0 Å². The lowest BCUT2D eigenvalue weighted by molar-refractivity contribution is 0.0691. The number of imidazole rings is 1. The first-order valence-electron chi connectivity index (χ1n) is 5.00. The third kappa shape index (κ3) is 2.17. The molecule has 2 N–H and O–H groups in total. The molecule has 0 fully saturated rings. The summed E-state index contributed by atoms with van der Waals surface area (Å²) in [4.78, 5) is 22.3. The highest BCUT2D eigenvalue weighted by atomic mass is 79.9. The minimum Gasteiger partial charge on any atom is -0.476 e. The van der Waals surface area contributed by atoms with Gasteiger partial charge in [-0.1, -0.05) is 5.16 Å². The smallest absolute Gasteiger partial charge is 0.356 e. The Kier molecular flexibility index (Phi) is 2.91. The normalized spacial score (nSPS) is 10.8. The highest BCUT2D eigenvalue weighted by molar-refractivity contribution is 9.10. The van der Waals surface area contributed by atoms with Crippen LogP contribution in [0.2, 0.25) is 0 Å². The van der Waals surface area contributed by atoms with Crippen LogP contribution in [0, 0.1) is 0 Å². The summed E-state index contributed by atoms with van der Waals surface area (Å²) < 4.78 is 5.98. The molecule has 0 bridgehead atoms. The number of carboxylic acids is 1. The van der Waals surface area contributed by atoms with Gasteiger partial charge >= 0.3 is 5.97 Å². The number of thiophene rings is 1. The quantitative estimate of drug-likeness (QED) is 0.759. The van der Waals surface area contributed by atoms with Gasteiger partial charge < -0.3 is 14.6 Å². The van der Waals surface area contributed by atoms with Crippen LogP contribution in [0.25, 0.3) is 22.3 Å². The van der Waals surface area contributed by atoms with Gasteiger partial charge in [0, 0.05) is 9.85 Å². The lowest BCUT2D eigenvalue weighted by atomic mass is 10.3. The molecule has 0 spiro atoms. The third-order valence-electron chi connectivity index (χ3n) is 2.27. The highest BCUT2D eigenvalue weighted by Gasteiger charge is 2.20. The molecule has 96 valence electrons. The largest absolute Gasteiger partial charge is 0.476 e. The Bertz CT molecular complexity index is 747. The van der Waals surface area contributed by atoms with Crippen LogP contribution < -0.4 is 0 Å². The zero-order valence-corrected chi connectivity index (χ0v) is 11.5. The van der Waals surface area contributed by atoms with Crippen molar-refractivity contribution >= 4 is 33.2 Å². The van der Waals surface area contributed by atoms with Crippen molar-refractivity contribution in [2.24, 2.45) is 0 Å². The van der Waals surface area contributed by atoms with Gasteiger partial charge in [0.2, 0.25) is 5.82 Å². The maximum atomic E-state index is 11.0. The number of nitrogens with zero attached hydrogens (tertiary/aromatic N) is 3. The molecule has 0 saturated carbocycles. The molecular weight excluding hydrogens is 336 g/mol. The molecule has 19 heavy (non-hydrogen) atoms. The summed E-state index contributed by atoms with van der Waals surface area (Å²) in [6.07, 6.45) is 1.27. The van der Waals surface area contributed by atoms with Crippen LogP contribution in [0.15, 0.2) is 26.8 Å². The van der Waals surface area contributed by atoms with E-state index in [4.69, 9.17) is 9.63 Å². The standard InChI is InChI=1S/C10H5BrN4O3S/c11-4-1-5(19-2-4)8-14-9(18-15-8)6-7(10(16)17)13-3-12-6/h1-3H,(H,12,13)(H,16,17). The van der Waals surface area contributed by atoms with E-state index in [1.165, 1.54) is 17.7 Å². The van der Waals surface area contributed by atoms with Crippen LogP contribution in [0.3, 0.4) is 0 Å². The molecule has 0 unspecified atom stereocenters. The number of carbonyl (C=O) groups is 1. The average molecular weight is 341 g/mol. The first-order valence-corrected chi connectivity index (χ1v) is 6.67. The van der Waals surface area contributed by atoms with Crippen molar-refractivity contribution in [3.05, 3.63) is 27.9 Å². The predicted octanol–water partition coefficient (Wildman–Crippen LogP) is 2.65. The number of rotatable bonds is 3. The van der Waals surface area contributed by atoms with Crippen molar-refractivity contribution < 1.29 is 14.4 Å². The first-order chi connectivity index (χ1) is 9.15. The van der Waals surface area contributed by atoms with E-state index < -0.39 is 5.97 Å². The second-order valence-corrected chi connectivity index (χ2v) is 5.31. The monoisotopic (exact) mass is 340 g/mol. The number of nitrogens with one attached hydrogen (secondary N) is 1. The van der Waals surface area contributed by atoms with Gasteiger partial charge in [-0.15, -0.1) is 11.3 Å².